The van der Waals surface area contributed by atoms with E-state index >= 15 is 0 Å². The summed E-state index contributed by atoms with van der Waals surface area (Å²) >= 11 is 1.85. The van der Waals surface area contributed by atoms with E-state index in [0.717, 1.165) is 16.6 Å². The van der Waals surface area contributed by atoms with Crippen molar-refractivity contribution in [3.8, 4) is 0 Å². The van der Waals surface area contributed by atoms with Crippen molar-refractivity contribution in [1.82, 2.24) is 9.97 Å². The molecule has 0 bridgehead atoms. The van der Waals surface area contributed by atoms with Crippen LogP contribution in [0.25, 0.3) is 10.2 Å². The highest BCUT2D eigenvalue weighted by Gasteiger charge is 2.23. The average molecular weight is 261 g/mol. The van der Waals surface area contributed by atoms with Gasteiger partial charge in [-0.3, -0.25) is 0 Å². The topological polar surface area (TPSA) is 37.8 Å². The molecular formula is C14H19N3S. The van der Waals surface area contributed by atoms with Crippen LogP contribution in [0.1, 0.15) is 37.6 Å². The number of fused-ring (bicyclic) bond motifs is 3. The fourth-order valence-corrected chi connectivity index (χ4v) is 4.01. The van der Waals surface area contributed by atoms with E-state index in [2.05, 4.69) is 36.1 Å². The van der Waals surface area contributed by atoms with Gasteiger partial charge in [0.25, 0.3) is 0 Å². The lowest BCUT2D eigenvalue weighted by molar-refractivity contribution is 0.509. The molecule has 3 nitrogen and oxygen atoms in total. The van der Waals surface area contributed by atoms with Gasteiger partial charge in [-0.1, -0.05) is 6.92 Å². The lowest BCUT2D eigenvalue weighted by Gasteiger charge is -2.18. The molecule has 2 aromatic heterocycles. The van der Waals surface area contributed by atoms with Gasteiger partial charge in [0.2, 0.25) is 0 Å². The summed E-state index contributed by atoms with van der Waals surface area (Å²) in [6.45, 7) is 6.63. The van der Waals surface area contributed by atoms with Crippen molar-refractivity contribution in [1.29, 1.82) is 0 Å². The van der Waals surface area contributed by atoms with Crippen LogP contribution in [0, 0.1) is 5.92 Å². The van der Waals surface area contributed by atoms with Gasteiger partial charge in [-0.2, -0.15) is 0 Å². The number of aryl methyl sites for hydroxylation is 1. The van der Waals surface area contributed by atoms with Crippen molar-refractivity contribution in [3.63, 3.8) is 0 Å². The first kappa shape index (κ1) is 11.9. The second-order valence-electron chi connectivity index (χ2n) is 5.55. The Morgan fingerprint density at radius 2 is 2.22 bits per heavy atom. The van der Waals surface area contributed by atoms with E-state index in [0.29, 0.717) is 6.04 Å². The molecule has 1 aliphatic carbocycles. The Balaban J connectivity index is 2.15. The van der Waals surface area contributed by atoms with Crippen molar-refractivity contribution in [3.05, 3.63) is 16.8 Å². The van der Waals surface area contributed by atoms with E-state index in [4.69, 9.17) is 0 Å². The summed E-state index contributed by atoms with van der Waals surface area (Å²) in [7, 11) is 0. The smallest absolute Gasteiger partial charge is 0.138 e. The van der Waals surface area contributed by atoms with Gasteiger partial charge in [0, 0.05) is 10.9 Å². The van der Waals surface area contributed by atoms with E-state index in [1.807, 2.05) is 11.3 Å². The van der Waals surface area contributed by atoms with Crippen LogP contribution in [-0.2, 0) is 12.8 Å². The number of hydrogen-bond donors (Lipinski definition) is 1. The number of rotatable bonds is 2. The fraction of sp³-hybridized carbons (Fsp3) is 0.571. The first-order valence-electron chi connectivity index (χ1n) is 6.67. The van der Waals surface area contributed by atoms with E-state index in [9.17, 15) is 0 Å². The van der Waals surface area contributed by atoms with Crippen molar-refractivity contribution in [2.24, 2.45) is 5.92 Å². The minimum Gasteiger partial charge on any atom is -0.367 e. The molecule has 3 rings (SSSR count). The Hall–Kier alpha value is -1.16. The lowest BCUT2D eigenvalue weighted by atomic mass is 9.89. The van der Waals surface area contributed by atoms with Gasteiger partial charge in [0.1, 0.15) is 17.0 Å². The second-order valence-corrected chi connectivity index (χ2v) is 6.64. The maximum absolute atomic E-state index is 4.45. The predicted octanol–water partition coefficient (Wildman–Crippen LogP) is 3.64. The summed E-state index contributed by atoms with van der Waals surface area (Å²) in [5, 5.41) is 4.73. The average Bonchev–Trinajstić information content (AvgIpc) is 2.66. The Bertz CT molecular complexity index is 574. The monoisotopic (exact) mass is 261 g/mol. The zero-order chi connectivity index (χ0) is 12.7. The molecule has 0 aliphatic heterocycles. The molecule has 0 fully saturated rings. The van der Waals surface area contributed by atoms with E-state index in [-0.39, 0.29) is 0 Å². The maximum atomic E-state index is 4.45. The number of nitrogens with one attached hydrogen (secondary N) is 1. The third-order valence-electron chi connectivity index (χ3n) is 3.52. The van der Waals surface area contributed by atoms with Crippen LogP contribution in [0.15, 0.2) is 6.33 Å². The maximum Gasteiger partial charge on any atom is 0.138 e. The van der Waals surface area contributed by atoms with Gasteiger partial charge >= 0.3 is 0 Å². The van der Waals surface area contributed by atoms with Gasteiger partial charge < -0.3 is 5.32 Å². The molecule has 0 unspecified atom stereocenters. The first-order chi connectivity index (χ1) is 8.65. The van der Waals surface area contributed by atoms with Crippen LogP contribution in [0.2, 0.25) is 0 Å². The molecule has 0 saturated carbocycles. The van der Waals surface area contributed by atoms with Crippen LogP contribution < -0.4 is 5.32 Å². The van der Waals surface area contributed by atoms with Crippen LogP contribution in [0.4, 0.5) is 5.82 Å². The van der Waals surface area contributed by atoms with Crippen molar-refractivity contribution < 1.29 is 0 Å². The van der Waals surface area contributed by atoms with Crippen LogP contribution in [0.5, 0.6) is 0 Å². The molecule has 2 aromatic rings. The minimum atomic E-state index is 0.404. The van der Waals surface area contributed by atoms with E-state index in [1.165, 1.54) is 35.1 Å². The Kier molecular flexibility index (Phi) is 2.98. The lowest BCUT2D eigenvalue weighted by Crippen LogP contribution is -2.13. The third kappa shape index (κ3) is 1.99. The highest BCUT2D eigenvalue weighted by atomic mass is 32.1. The third-order valence-corrected chi connectivity index (χ3v) is 4.68. The SMILES string of the molecule is CC(C)Nc1ncnc2sc3c(c12)CC[C@H](C)C3. The van der Waals surface area contributed by atoms with Gasteiger partial charge in [-0.15, -0.1) is 11.3 Å². The standard InChI is InChI=1S/C14H19N3S/c1-8(2)17-13-12-10-5-4-9(3)6-11(10)18-14(12)16-7-15-13/h7-9H,4-6H2,1-3H3,(H,15,16,17)/t9-/m0/s1. The zero-order valence-corrected chi connectivity index (χ0v) is 12.0. The predicted molar refractivity (Wildman–Crippen MR) is 77.4 cm³/mol. The van der Waals surface area contributed by atoms with E-state index in [1.54, 1.807) is 6.33 Å². The summed E-state index contributed by atoms with van der Waals surface area (Å²) < 4.78 is 0. The molecule has 18 heavy (non-hydrogen) atoms. The van der Waals surface area contributed by atoms with Gasteiger partial charge in [-0.05, 0) is 44.6 Å². The number of aromatic nitrogens is 2. The summed E-state index contributed by atoms with van der Waals surface area (Å²) in [5.41, 5.74) is 1.50. The minimum absolute atomic E-state index is 0.404. The molecule has 96 valence electrons. The second kappa shape index (κ2) is 4.50. The number of anilines is 1. The molecule has 1 aliphatic rings. The molecule has 1 N–H and O–H groups in total. The Morgan fingerprint density at radius 3 is 3.00 bits per heavy atom. The summed E-state index contributed by atoms with van der Waals surface area (Å²) in [5.74, 6) is 1.82. The van der Waals surface area contributed by atoms with Crippen LogP contribution >= 0.6 is 11.3 Å². The number of thiophene rings is 1. The van der Waals surface area contributed by atoms with Gasteiger partial charge in [0.15, 0.2) is 0 Å². The van der Waals surface area contributed by atoms with Gasteiger partial charge in [0.05, 0.1) is 5.39 Å². The number of nitrogens with zero attached hydrogens (tertiary/aromatic N) is 2. The van der Waals surface area contributed by atoms with Gasteiger partial charge in [-0.25, -0.2) is 9.97 Å². The molecule has 0 saturated heterocycles. The first-order valence-corrected chi connectivity index (χ1v) is 7.48. The summed E-state index contributed by atoms with van der Waals surface area (Å²) in [6, 6.07) is 0.404. The van der Waals surface area contributed by atoms with Crippen molar-refractivity contribution >= 4 is 27.4 Å². The largest absolute Gasteiger partial charge is 0.367 e. The highest BCUT2D eigenvalue weighted by molar-refractivity contribution is 7.19. The van der Waals surface area contributed by atoms with Crippen LogP contribution in [-0.4, -0.2) is 16.0 Å². The van der Waals surface area contributed by atoms with Crippen LogP contribution in [0.3, 0.4) is 0 Å². The van der Waals surface area contributed by atoms with Crippen molar-refractivity contribution in [2.75, 3.05) is 5.32 Å². The Morgan fingerprint density at radius 1 is 1.39 bits per heavy atom. The quantitative estimate of drug-likeness (QED) is 0.897. The molecule has 1 atom stereocenters. The molecule has 4 heteroatoms. The molecule has 2 heterocycles. The zero-order valence-electron chi connectivity index (χ0n) is 11.2. The number of hydrogen-bond acceptors (Lipinski definition) is 4. The summed E-state index contributed by atoms with van der Waals surface area (Å²) in [6.07, 6.45) is 5.35. The molecule has 0 spiro atoms. The molecular weight excluding hydrogens is 242 g/mol. The molecule has 0 radical (unpaired) electrons. The van der Waals surface area contributed by atoms with Crippen molar-refractivity contribution in [2.45, 2.75) is 46.1 Å². The highest BCUT2D eigenvalue weighted by Crippen LogP contribution is 2.39. The Labute approximate surface area is 112 Å². The summed E-state index contributed by atoms with van der Waals surface area (Å²) in [4.78, 5) is 11.5. The normalized spacial score (nSPS) is 19.2. The molecule has 0 amide bonds. The molecule has 0 aromatic carbocycles. The fourth-order valence-electron chi connectivity index (χ4n) is 2.66. The van der Waals surface area contributed by atoms with E-state index < -0.39 is 0 Å².